The van der Waals surface area contributed by atoms with Crippen LogP contribution in [0, 0.1) is 0 Å². The molecule has 4 heterocycles. The molecule has 0 bridgehead atoms. The molecule has 0 radical (unpaired) electrons. The fraction of sp³-hybridized carbons (Fsp3) is 0.455. The summed E-state index contributed by atoms with van der Waals surface area (Å²) in [5.74, 6) is 0.0936. The smallest absolute Gasteiger partial charge is 0.201 e. The van der Waals surface area contributed by atoms with E-state index in [4.69, 9.17) is 0 Å². The Morgan fingerprint density at radius 1 is 0.939 bits per heavy atom. The Morgan fingerprint density at radius 2 is 1.67 bits per heavy atom. The summed E-state index contributed by atoms with van der Waals surface area (Å²) in [6, 6.07) is 7.33. The second-order valence-electron chi connectivity index (χ2n) is 9.94. The van der Waals surface area contributed by atoms with Crippen molar-refractivity contribution in [3.8, 4) is 28.3 Å². The van der Waals surface area contributed by atoms with Crippen LogP contribution in [0.4, 0.5) is 0 Å². The summed E-state index contributed by atoms with van der Waals surface area (Å²) >= 11 is 0. The fourth-order valence-corrected chi connectivity index (χ4v) is 4.96. The normalized spacial score (nSPS) is 17.7. The summed E-state index contributed by atoms with van der Waals surface area (Å²) in [5, 5.41) is 40.0. The van der Waals surface area contributed by atoms with Gasteiger partial charge in [0.1, 0.15) is 17.0 Å². The van der Waals surface area contributed by atoms with Crippen molar-refractivity contribution < 1.29 is 5.11 Å². The van der Waals surface area contributed by atoms with Gasteiger partial charge in [-0.2, -0.15) is 0 Å². The van der Waals surface area contributed by atoms with Gasteiger partial charge in [0.05, 0.1) is 17.9 Å². The van der Waals surface area contributed by atoms with Crippen LogP contribution < -0.4 is 5.32 Å². The molecule has 33 heavy (non-hydrogen) atoms. The lowest BCUT2D eigenvalue weighted by atomic mass is 9.80. The molecule has 1 aliphatic heterocycles. The maximum Gasteiger partial charge on any atom is 0.201 e. The number of hydrogen-bond donors (Lipinski definition) is 2. The largest absolute Gasteiger partial charge is 0.507 e. The lowest BCUT2D eigenvalue weighted by Gasteiger charge is -2.46. The minimum Gasteiger partial charge on any atom is -0.507 e. The van der Waals surface area contributed by atoms with Gasteiger partial charge in [-0.15, -0.1) is 32.8 Å². The van der Waals surface area contributed by atoms with E-state index in [1.54, 1.807) is 30.1 Å². The van der Waals surface area contributed by atoms with E-state index in [1.807, 2.05) is 16.8 Å². The minimum atomic E-state index is -0.0191. The van der Waals surface area contributed by atoms with E-state index in [2.05, 4.69) is 63.8 Å². The quantitative estimate of drug-likeness (QED) is 0.469. The van der Waals surface area contributed by atoms with Gasteiger partial charge in [-0.1, -0.05) is 16.5 Å². The number of benzene rings is 1. The predicted octanol–water partition coefficient (Wildman–Crippen LogP) is 3.29. The Labute approximate surface area is 197 Å². The first kappa shape index (κ1) is 23.1. The summed E-state index contributed by atoms with van der Waals surface area (Å²) < 4.78 is 3.52. The van der Waals surface area contributed by atoms with Crippen LogP contribution in [0.2, 0.25) is 0 Å². The van der Waals surface area contributed by atoms with Crippen LogP contribution >= 0.6 is 12.4 Å². The molecule has 4 aromatic rings. The second-order valence-corrected chi connectivity index (χ2v) is 9.94. The van der Waals surface area contributed by atoms with E-state index in [-0.39, 0.29) is 35.3 Å². The van der Waals surface area contributed by atoms with E-state index in [9.17, 15) is 5.11 Å². The van der Waals surface area contributed by atoms with Crippen LogP contribution in [0.3, 0.4) is 0 Å². The number of piperidine rings is 1. The molecule has 1 saturated heterocycles. The zero-order valence-corrected chi connectivity index (χ0v) is 20.1. The second kappa shape index (κ2) is 8.03. The Bertz CT molecular complexity index is 1290. The Kier molecular flexibility index (Phi) is 5.61. The van der Waals surface area contributed by atoms with Crippen molar-refractivity contribution in [3.63, 3.8) is 0 Å². The van der Waals surface area contributed by atoms with Gasteiger partial charge in [0.15, 0.2) is 0 Å². The fourth-order valence-electron chi connectivity index (χ4n) is 4.96. The minimum absolute atomic E-state index is 0. The molecule has 0 amide bonds. The standard InChI is InChI=1S/C22H27N9O.ClH/c1-21(2)10-14(11-22(3,4)27-21)31-20-17(24-29-31)9-16(23-26-20)15-7-6-13(8-19(15)32)18-12-30(5)28-25-18;/h6-9,12,14,27,32H,10-11H2,1-5H3;1H. The topological polar surface area (TPSA) is 119 Å². The number of phenolic OH excluding ortho intramolecular Hbond substituents is 1. The molecular formula is C22H28ClN9O. The number of fused-ring (bicyclic) bond motifs is 1. The molecule has 0 saturated carbocycles. The van der Waals surface area contributed by atoms with Crippen LogP contribution in [-0.4, -0.2) is 56.4 Å². The van der Waals surface area contributed by atoms with Gasteiger partial charge >= 0.3 is 0 Å². The molecule has 0 atom stereocenters. The number of nitrogens with one attached hydrogen (secondary N) is 1. The molecule has 0 spiro atoms. The first-order chi connectivity index (χ1) is 15.1. The number of phenols is 1. The molecular weight excluding hydrogens is 442 g/mol. The average molecular weight is 470 g/mol. The maximum absolute atomic E-state index is 10.6. The van der Waals surface area contributed by atoms with E-state index >= 15 is 0 Å². The third-order valence-corrected chi connectivity index (χ3v) is 5.91. The molecule has 1 fully saturated rings. The van der Waals surface area contributed by atoms with Crippen molar-refractivity contribution in [1.82, 2.24) is 45.5 Å². The Hall–Kier alpha value is -3.11. The Balaban J connectivity index is 0.00000259. The maximum atomic E-state index is 10.6. The van der Waals surface area contributed by atoms with Crippen LogP contribution in [0.15, 0.2) is 30.5 Å². The number of aromatic hydroxyl groups is 1. The summed E-state index contributed by atoms with van der Waals surface area (Å²) in [4.78, 5) is 0. The molecule has 5 rings (SSSR count). The monoisotopic (exact) mass is 469 g/mol. The van der Waals surface area contributed by atoms with Gasteiger partial charge in [0.2, 0.25) is 5.65 Å². The number of aryl methyl sites for hydroxylation is 1. The highest BCUT2D eigenvalue weighted by Crippen LogP contribution is 2.37. The first-order valence-corrected chi connectivity index (χ1v) is 10.7. The van der Waals surface area contributed by atoms with Crippen LogP contribution in [0.1, 0.15) is 46.6 Å². The predicted molar refractivity (Wildman–Crippen MR) is 127 cm³/mol. The van der Waals surface area contributed by atoms with Crippen LogP contribution in [0.5, 0.6) is 5.75 Å². The first-order valence-electron chi connectivity index (χ1n) is 10.7. The van der Waals surface area contributed by atoms with Crippen molar-refractivity contribution in [1.29, 1.82) is 0 Å². The van der Waals surface area contributed by atoms with E-state index in [0.717, 1.165) is 18.4 Å². The number of hydrogen-bond acceptors (Lipinski definition) is 8. The third kappa shape index (κ3) is 4.40. The SMILES string of the molecule is Cl.Cn1cc(-c2ccc(-c3cc4nnn(C5CC(C)(C)NC(C)(C)C5)c4nn3)c(O)c2)nn1. The van der Waals surface area contributed by atoms with E-state index < -0.39 is 0 Å². The van der Waals surface area contributed by atoms with E-state index in [1.165, 1.54) is 0 Å². The molecule has 1 aromatic carbocycles. The highest BCUT2D eigenvalue weighted by atomic mass is 35.5. The molecule has 1 aliphatic rings. The highest BCUT2D eigenvalue weighted by Gasteiger charge is 2.39. The number of rotatable bonds is 3. The zero-order valence-electron chi connectivity index (χ0n) is 19.3. The molecule has 2 N–H and O–H groups in total. The highest BCUT2D eigenvalue weighted by molar-refractivity contribution is 5.85. The van der Waals surface area contributed by atoms with Gasteiger partial charge in [-0.3, -0.25) is 4.68 Å². The van der Waals surface area contributed by atoms with E-state index in [0.29, 0.717) is 28.1 Å². The number of halogens is 1. The number of nitrogens with zero attached hydrogens (tertiary/aromatic N) is 8. The summed E-state index contributed by atoms with van der Waals surface area (Å²) in [6.45, 7) is 8.82. The lowest BCUT2D eigenvalue weighted by molar-refractivity contribution is 0.127. The van der Waals surface area contributed by atoms with Crippen molar-refractivity contribution in [2.45, 2.75) is 57.7 Å². The molecule has 0 unspecified atom stereocenters. The van der Waals surface area contributed by atoms with Crippen molar-refractivity contribution in [2.24, 2.45) is 7.05 Å². The molecule has 11 heteroatoms. The van der Waals surface area contributed by atoms with Crippen LogP contribution in [0.25, 0.3) is 33.7 Å². The number of aromatic nitrogens is 8. The van der Waals surface area contributed by atoms with Gasteiger partial charge in [0, 0.05) is 29.3 Å². The van der Waals surface area contributed by atoms with Crippen molar-refractivity contribution in [2.75, 3.05) is 0 Å². The van der Waals surface area contributed by atoms with Crippen molar-refractivity contribution in [3.05, 3.63) is 30.5 Å². The van der Waals surface area contributed by atoms with Gasteiger partial charge in [0.25, 0.3) is 0 Å². The molecule has 174 valence electrons. The average Bonchev–Trinajstić information content (AvgIpc) is 3.31. The van der Waals surface area contributed by atoms with Crippen molar-refractivity contribution >= 4 is 23.6 Å². The van der Waals surface area contributed by atoms with Crippen LogP contribution in [-0.2, 0) is 7.05 Å². The zero-order chi connectivity index (χ0) is 22.7. The summed E-state index contributed by atoms with van der Waals surface area (Å²) in [6.07, 6.45) is 3.63. The molecule has 3 aromatic heterocycles. The Morgan fingerprint density at radius 3 is 2.30 bits per heavy atom. The van der Waals surface area contributed by atoms with Gasteiger partial charge < -0.3 is 10.4 Å². The summed E-state index contributed by atoms with van der Waals surface area (Å²) in [7, 11) is 1.80. The summed E-state index contributed by atoms with van der Waals surface area (Å²) in [5.41, 5.74) is 3.85. The third-order valence-electron chi connectivity index (χ3n) is 5.91. The molecule has 10 nitrogen and oxygen atoms in total. The lowest BCUT2D eigenvalue weighted by Crippen LogP contribution is -2.58. The molecule has 0 aliphatic carbocycles. The van der Waals surface area contributed by atoms with Gasteiger partial charge in [-0.05, 0) is 58.7 Å². The van der Waals surface area contributed by atoms with Gasteiger partial charge in [-0.25, -0.2) is 4.68 Å².